The van der Waals surface area contributed by atoms with Gasteiger partial charge in [-0.3, -0.25) is 0 Å². The van der Waals surface area contributed by atoms with Gasteiger partial charge in [0.15, 0.2) is 0 Å². The van der Waals surface area contributed by atoms with E-state index in [0.29, 0.717) is 10.4 Å². The van der Waals surface area contributed by atoms with E-state index < -0.39 is 0 Å². The van der Waals surface area contributed by atoms with Crippen molar-refractivity contribution < 1.29 is 4.39 Å². The highest BCUT2D eigenvalue weighted by molar-refractivity contribution is 9.10. The van der Waals surface area contributed by atoms with Gasteiger partial charge in [0, 0.05) is 12.6 Å². The summed E-state index contributed by atoms with van der Waals surface area (Å²) in [6.45, 7) is 2.93. The highest BCUT2D eigenvalue weighted by Gasteiger charge is 2.11. The summed E-state index contributed by atoms with van der Waals surface area (Å²) < 4.78 is 15.8. The van der Waals surface area contributed by atoms with E-state index in [4.69, 9.17) is 5.73 Å². The number of rotatable bonds is 4. The van der Waals surface area contributed by atoms with E-state index in [1.807, 2.05) is 4.57 Å². The highest BCUT2D eigenvalue weighted by Crippen LogP contribution is 2.25. The SMILES string of the molecule is CCCCCn1c(N)nc2cc(Br)c(F)cc21. The molecule has 0 fully saturated rings. The Labute approximate surface area is 108 Å². The van der Waals surface area contributed by atoms with Crippen molar-refractivity contribution in [2.24, 2.45) is 0 Å². The number of nitrogens with two attached hydrogens (primary N) is 1. The summed E-state index contributed by atoms with van der Waals surface area (Å²) in [5, 5.41) is 0. The molecular weight excluding hydrogens is 285 g/mol. The lowest BCUT2D eigenvalue weighted by Crippen LogP contribution is -2.03. The smallest absolute Gasteiger partial charge is 0.201 e. The fourth-order valence-corrected chi connectivity index (χ4v) is 2.22. The van der Waals surface area contributed by atoms with Gasteiger partial charge in [0.25, 0.3) is 0 Å². The van der Waals surface area contributed by atoms with Gasteiger partial charge < -0.3 is 10.3 Å². The molecule has 0 aliphatic rings. The molecule has 0 amide bonds. The molecule has 3 nitrogen and oxygen atoms in total. The van der Waals surface area contributed by atoms with Gasteiger partial charge in [-0.1, -0.05) is 19.8 Å². The van der Waals surface area contributed by atoms with E-state index in [9.17, 15) is 4.39 Å². The number of aryl methyl sites for hydroxylation is 1. The Hall–Kier alpha value is -1.10. The van der Waals surface area contributed by atoms with Crippen LogP contribution in [-0.4, -0.2) is 9.55 Å². The fraction of sp³-hybridized carbons (Fsp3) is 0.417. The molecule has 0 bridgehead atoms. The van der Waals surface area contributed by atoms with Gasteiger partial charge in [-0.15, -0.1) is 0 Å². The normalized spacial score (nSPS) is 11.2. The Morgan fingerprint density at radius 1 is 1.41 bits per heavy atom. The van der Waals surface area contributed by atoms with Crippen LogP contribution in [0.5, 0.6) is 0 Å². The molecule has 2 N–H and O–H groups in total. The zero-order valence-electron chi connectivity index (χ0n) is 9.71. The Balaban J connectivity index is 2.40. The first-order chi connectivity index (χ1) is 8.13. The van der Waals surface area contributed by atoms with Gasteiger partial charge in [-0.25, -0.2) is 9.37 Å². The summed E-state index contributed by atoms with van der Waals surface area (Å²) in [6.07, 6.45) is 3.31. The van der Waals surface area contributed by atoms with Crippen LogP contribution in [0.1, 0.15) is 26.2 Å². The molecule has 17 heavy (non-hydrogen) atoms. The zero-order valence-corrected chi connectivity index (χ0v) is 11.3. The van der Waals surface area contributed by atoms with Gasteiger partial charge in [-0.2, -0.15) is 0 Å². The van der Waals surface area contributed by atoms with Crippen LogP contribution in [0.3, 0.4) is 0 Å². The summed E-state index contributed by atoms with van der Waals surface area (Å²) >= 11 is 3.15. The van der Waals surface area contributed by atoms with E-state index >= 15 is 0 Å². The second-order valence-electron chi connectivity index (χ2n) is 4.08. The van der Waals surface area contributed by atoms with Crippen LogP contribution in [0.25, 0.3) is 11.0 Å². The van der Waals surface area contributed by atoms with Crippen molar-refractivity contribution in [1.82, 2.24) is 9.55 Å². The van der Waals surface area contributed by atoms with Crippen LogP contribution < -0.4 is 5.73 Å². The molecular formula is C12H15BrFN3. The molecule has 0 radical (unpaired) electrons. The van der Waals surface area contributed by atoms with Crippen LogP contribution >= 0.6 is 15.9 Å². The standard InChI is InChI=1S/C12H15BrFN3/c1-2-3-4-5-17-11-7-9(14)8(13)6-10(11)16-12(17)15/h6-7H,2-5H2,1H3,(H2,15,16). The Morgan fingerprint density at radius 3 is 2.88 bits per heavy atom. The second kappa shape index (κ2) is 5.04. The van der Waals surface area contributed by atoms with Crippen LogP contribution in [0.2, 0.25) is 0 Å². The number of nitrogen functional groups attached to an aromatic ring is 1. The summed E-state index contributed by atoms with van der Waals surface area (Å²) in [5.74, 6) is 0.169. The first kappa shape index (κ1) is 12.4. The molecule has 0 unspecified atom stereocenters. The molecule has 0 atom stereocenters. The largest absolute Gasteiger partial charge is 0.369 e. The topological polar surface area (TPSA) is 43.8 Å². The van der Waals surface area contributed by atoms with E-state index in [-0.39, 0.29) is 5.82 Å². The van der Waals surface area contributed by atoms with Crippen molar-refractivity contribution >= 4 is 32.9 Å². The number of unbranched alkanes of at least 4 members (excludes halogenated alkanes) is 2. The first-order valence-corrected chi connectivity index (χ1v) is 6.53. The van der Waals surface area contributed by atoms with Crippen LogP contribution in [0, 0.1) is 5.82 Å². The lowest BCUT2D eigenvalue weighted by Gasteiger charge is -2.05. The molecule has 1 aromatic carbocycles. The Morgan fingerprint density at radius 2 is 2.18 bits per heavy atom. The molecule has 0 saturated carbocycles. The Kier molecular flexibility index (Phi) is 3.66. The van der Waals surface area contributed by atoms with Gasteiger partial charge in [0.1, 0.15) is 5.82 Å². The number of nitrogens with zero attached hydrogens (tertiary/aromatic N) is 2. The van der Waals surface area contributed by atoms with E-state index in [1.165, 1.54) is 6.07 Å². The van der Waals surface area contributed by atoms with E-state index in [1.54, 1.807) is 6.07 Å². The molecule has 0 saturated heterocycles. The number of hydrogen-bond acceptors (Lipinski definition) is 2. The van der Waals surface area contributed by atoms with Gasteiger partial charge in [0.05, 0.1) is 15.5 Å². The summed E-state index contributed by atoms with van der Waals surface area (Å²) in [4.78, 5) is 4.24. The van der Waals surface area contributed by atoms with Crippen LogP contribution in [0.15, 0.2) is 16.6 Å². The number of anilines is 1. The maximum atomic E-state index is 13.5. The second-order valence-corrected chi connectivity index (χ2v) is 4.94. The maximum absolute atomic E-state index is 13.5. The first-order valence-electron chi connectivity index (χ1n) is 5.74. The number of aromatic nitrogens is 2. The number of hydrogen-bond donors (Lipinski definition) is 1. The van der Waals surface area contributed by atoms with Gasteiger partial charge in [0.2, 0.25) is 5.95 Å². The molecule has 1 heterocycles. The number of halogens is 2. The molecule has 0 aliphatic heterocycles. The molecule has 2 aromatic rings. The summed E-state index contributed by atoms with van der Waals surface area (Å²) in [7, 11) is 0. The minimum atomic E-state index is -0.283. The zero-order chi connectivity index (χ0) is 12.4. The van der Waals surface area contributed by atoms with E-state index in [0.717, 1.165) is 36.8 Å². The minimum Gasteiger partial charge on any atom is -0.369 e. The molecule has 92 valence electrons. The summed E-state index contributed by atoms with van der Waals surface area (Å²) in [5.41, 5.74) is 7.34. The number of fused-ring (bicyclic) bond motifs is 1. The van der Waals surface area contributed by atoms with Crippen molar-refractivity contribution in [3.63, 3.8) is 0 Å². The van der Waals surface area contributed by atoms with E-state index in [2.05, 4.69) is 27.8 Å². The van der Waals surface area contributed by atoms with Crippen LogP contribution in [0.4, 0.5) is 10.3 Å². The fourth-order valence-electron chi connectivity index (χ4n) is 1.89. The third-order valence-electron chi connectivity index (χ3n) is 2.81. The van der Waals surface area contributed by atoms with Crippen molar-refractivity contribution in [2.45, 2.75) is 32.7 Å². The van der Waals surface area contributed by atoms with Crippen molar-refractivity contribution in [3.8, 4) is 0 Å². The predicted octanol–water partition coefficient (Wildman–Crippen LogP) is 3.71. The van der Waals surface area contributed by atoms with Gasteiger partial charge in [-0.05, 0) is 28.4 Å². The molecule has 5 heteroatoms. The predicted molar refractivity (Wildman–Crippen MR) is 71.3 cm³/mol. The quantitative estimate of drug-likeness (QED) is 0.875. The summed E-state index contributed by atoms with van der Waals surface area (Å²) in [6, 6.07) is 3.14. The van der Waals surface area contributed by atoms with Crippen molar-refractivity contribution in [2.75, 3.05) is 5.73 Å². The third kappa shape index (κ3) is 2.44. The average molecular weight is 300 g/mol. The van der Waals surface area contributed by atoms with Gasteiger partial charge >= 0.3 is 0 Å². The molecule has 1 aromatic heterocycles. The highest BCUT2D eigenvalue weighted by atomic mass is 79.9. The lowest BCUT2D eigenvalue weighted by molar-refractivity contribution is 0.610. The monoisotopic (exact) mass is 299 g/mol. The van der Waals surface area contributed by atoms with Crippen LogP contribution in [-0.2, 0) is 6.54 Å². The molecule has 2 rings (SSSR count). The number of benzene rings is 1. The Bertz CT molecular complexity index is 536. The molecule has 0 aliphatic carbocycles. The maximum Gasteiger partial charge on any atom is 0.201 e. The third-order valence-corrected chi connectivity index (χ3v) is 3.41. The van der Waals surface area contributed by atoms with Crippen molar-refractivity contribution in [3.05, 3.63) is 22.4 Å². The lowest BCUT2D eigenvalue weighted by atomic mass is 10.2. The van der Waals surface area contributed by atoms with Crippen molar-refractivity contribution in [1.29, 1.82) is 0 Å². The molecule has 0 spiro atoms. The average Bonchev–Trinajstić information content (AvgIpc) is 2.57. The number of imidazole rings is 1. The minimum absolute atomic E-state index is 0.283.